The zero-order valence-corrected chi connectivity index (χ0v) is 10.8. The highest BCUT2D eigenvalue weighted by Crippen LogP contribution is 2.30. The van der Waals surface area contributed by atoms with E-state index in [-0.39, 0.29) is 0 Å². The zero-order valence-electron chi connectivity index (χ0n) is 9.18. The minimum Gasteiger partial charge on any atom is -0.497 e. The molecule has 0 bridgehead atoms. The topological polar surface area (TPSA) is 57.4 Å². The first kappa shape index (κ1) is 11.7. The van der Waals surface area contributed by atoms with Crippen LogP contribution < -0.4 is 15.2 Å². The number of nitrogens with two attached hydrogens (primary N) is 1. The molecule has 0 amide bonds. The molecule has 2 rings (SSSR count). The summed E-state index contributed by atoms with van der Waals surface area (Å²) in [5, 5.41) is 0. The highest BCUT2D eigenvalue weighted by molar-refractivity contribution is 9.10. The van der Waals surface area contributed by atoms with Gasteiger partial charge in [-0.3, -0.25) is 0 Å². The molecular weight excluding hydrogens is 284 g/mol. The smallest absolute Gasteiger partial charge is 0.219 e. The van der Waals surface area contributed by atoms with Gasteiger partial charge in [-0.25, -0.2) is 4.98 Å². The molecule has 2 N–H and O–H groups in total. The summed E-state index contributed by atoms with van der Waals surface area (Å²) < 4.78 is 11.6. The lowest BCUT2D eigenvalue weighted by molar-refractivity contribution is 0.408. The van der Waals surface area contributed by atoms with Crippen LogP contribution in [0.3, 0.4) is 0 Å². The summed E-state index contributed by atoms with van der Waals surface area (Å²) >= 11 is 3.31. The van der Waals surface area contributed by atoms with Crippen molar-refractivity contribution in [1.82, 2.24) is 4.98 Å². The molecule has 88 valence electrons. The third-order valence-electron chi connectivity index (χ3n) is 2.14. The van der Waals surface area contributed by atoms with E-state index in [9.17, 15) is 0 Å². The van der Waals surface area contributed by atoms with E-state index < -0.39 is 0 Å². The van der Waals surface area contributed by atoms with Gasteiger partial charge in [0, 0.05) is 22.8 Å². The summed E-state index contributed by atoms with van der Waals surface area (Å²) in [5.41, 5.74) is 6.34. The molecule has 0 unspecified atom stereocenters. The van der Waals surface area contributed by atoms with Crippen molar-refractivity contribution in [2.45, 2.75) is 0 Å². The number of hydrogen-bond acceptors (Lipinski definition) is 4. The van der Waals surface area contributed by atoms with Crippen LogP contribution in [0.2, 0.25) is 0 Å². The standard InChI is InChI=1S/C12H11BrN2O2/c1-16-9-3-4-10(14)11(6-9)17-12-5-2-8(13)7-15-12/h2-7H,14H2,1H3. The Morgan fingerprint density at radius 2 is 2.06 bits per heavy atom. The van der Waals surface area contributed by atoms with Crippen LogP contribution in [0.4, 0.5) is 5.69 Å². The Bertz CT molecular complexity index is 514. The van der Waals surface area contributed by atoms with Crippen molar-refractivity contribution in [3.8, 4) is 17.4 Å². The van der Waals surface area contributed by atoms with Gasteiger partial charge in [0.2, 0.25) is 5.88 Å². The summed E-state index contributed by atoms with van der Waals surface area (Å²) in [4.78, 5) is 4.10. The molecule has 1 aromatic heterocycles. The zero-order chi connectivity index (χ0) is 12.3. The Balaban J connectivity index is 2.25. The van der Waals surface area contributed by atoms with Gasteiger partial charge in [-0.1, -0.05) is 0 Å². The molecular formula is C12H11BrN2O2. The van der Waals surface area contributed by atoms with E-state index >= 15 is 0 Å². The monoisotopic (exact) mass is 294 g/mol. The van der Waals surface area contributed by atoms with Crippen LogP contribution in [0.25, 0.3) is 0 Å². The van der Waals surface area contributed by atoms with Crippen LogP contribution in [0.5, 0.6) is 17.4 Å². The number of halogens is 1. The Kier molecular flexibility index (Phi) is 3.49. The highest BCUT2D eigenvalue weighted by atomic mass is 79.9. The average Bonchev–Trinajstić information content (AvgIpc) is 2.35. The van der Waals surface area contributed by atoms with Gasteiger partial charge in [-0.15, -0.1) is 0 Å². The van der Waals surface area contributed by atoms with E-state index in [1.807, 2.05) is 6.07 Å². The largest absolute Gasteiger partial charge is 0.497 e. The normalized spacial score (nSPS) is 10.0. The predicted molar refractivity (Wildman–Crippen MR) is 69.4 cm³/mol. The van der Waals surface area contributed by atoms with Crippen LogP contribution in [0, 0.1) is 0 Å². The first-order chi connectivity index (χ1) is 8.19. The van der Waals surface area contributed by atoms with Gasteiger partial charge in [-0.05, 0) is 34.1 Å². The maximum absolute atomic E-state index is 5.80. The second-order valence-electron chi connectivity index (χ2n) is 3.32. The number of nitrogen functional groups attached to an aromatic ring is 1. The van der Waals surface area contributed by atoms with Crippen molar-refractivity contribution in [1.29, 1.82) is 0 Å². The number of rotatable bonds is 3. The summed E-state index contributed by atoms with van der Waals surface area (Å²) in [6, 6.07) is 8.82. The molecule has 0 fully saturated rings. The van der Waals surface area contributed by atoms with E-state index in [1.54, 1.807) is 37.6 Å². The number of ether oxygens (including phenoxy) is 2. The van der Waals surface area contributed by atoms with Crippen LogP contribution in [0.15, 0.2) is 41.0 Å². The summed E-state index contributed by atoms with van der Waals surface area (Å²) in [5.74, 6) is 1.69. The lowest BCUT2D eigenvalue weighted by Gasteiger charge is -2.09. The fraction of sp³-hybridized carbons (Fsp3) is 0.0833. The molecule has 0 aliphatic rings. The molecule has 5 heteroatoms. The van der Waals surface area contributed by atoms with Crippen molar-refractivity contribution in [2.24, 2.45) is 0 Å². The average molecular weight is 295 g/mol. The molecule has 2 aromatic rings. The SMILES string of the molecule is COc1ccc(N)c(Oc2ccc(Br)cn2)c1. The van der Waals surface area contributed by atoms with Gasteiger partial charge in [0.25, 0.3) is 0 Å². The third kappa shape index (κ3) is 2.88. The van der Waals surface area contributed by atoms with Gasteiger partial charge in [0.1, 0.15) is 5.75 Å². The quantitative estimate of drug-likeness (QED) is 0.883. The molecule has 0 aliphatic heterocycles. The molecule has 0 spiro atoms. The maximum Gasteiger partial charge on any atom is 0.219 e. The predicted octanol–water partition coefficient (Wildman–Crippen LogP) is 3.23. The maximum atomic E-state index is 5.80. The molecule has 0 saturated carbocycles. The molecule has 0 aliphatic carbocycles. The number of benzene rings is 1. The molecule has 1 aromatic carbocycles. The summed E-state index contributed by atoms with van der Waals surface area (Å²) in [7, 11) is 1.59. The lowest BCUT2D eigenvalue weighted by atomic mass is 10.3. The fourth-order valence-electron chi connectivity index (χ4n) is 1.27. The molecule has 17 heavy (non-hydrogen) atoms. The number of methoxy groups -OCH3 is 1. The van der Waals surface area contributed by atoms with Crippen LogP contribution in [-0.4, -0.2) is 12.1 Å². The van der Waals surface area contributed by atoms with Crippen molar-refractivity contribution in [2.75, 3.05) is 12.8 Å². The summed E-state index contributed by atoms with van der Waals surface area (Å²) in [6.07, 6.45) is 1.66. The van der Waals surface area contributed by atoms with E-state index in [0.29, 0.717) is 23.1 Å². The van der Waals surface area contributed by atoms with Gasteiger partial charge < -0.3 is 15.2 Å². The number of hydrogen-bond donors (Lipinski definition) is 1. The van der Waals surface area contributed by atoms with Gasteiger partial charge in [-0.2, -0.15) is 0 Å². The van der Waals surface area contributed by atoms with E-state index in [2.05, 4.69) is 20.9 Å². The Hall–Kier alpha value is -1.75. The molecule has 0 atom stereocenters. The first-order valence-corrected chi connectivity index (χ1v) is 5.71. The summed E-state index contributed by atoms with van der Waals surface area (Å²) in [6.45, 7) is 0. The number of nitrogens with zero attached hydrogens (tertiary/aromatic N) is 1. The van der Waals surface area contributed by atoms with Gasteiger partial charge >= 0.3 is 0 Å². The van der Waals surface area contributed by atoms with Crippen molar-refractivity contribution >= 4 is 21.6 Å². The molecule has 0 saturated heterocycles. The van der Waals surface area contributed by atoms with Crippen LogP contribution in [0.1, 0.15) is 0 Å². The van der Waals surface area contributed by atoms with E-state index in [1.165, 1.54) is 0 Å². The number of pyridine rings is 1. The second kappa shape index (κ2) is 5.05. The lowest BCUT2D eigenvalue weighted by Crippen LogP contribution is -1.94. The van der Waals surface area contributed by atoms with Crippen LogP contribution >= 0.6 is 15.9 Å². The van der Waals surface area contributed by atoms with E-state index in [4.69, 9.17) is 15.2 Å². The Morgan fingerprint density at radius 3 is 2.71 bits per heavy atom. The van der Waals surface area contributed by atoms with Crippen molar-refractivity contribution in [3.63, 3.8) is 0 Å². The highest BCUT2D eigenvalue weighted by Gasteiger charge is 2.05. The molecule has 1 heterocycles. The van der Waals surface area contributed by atoms with E-state index in [0.717, 1.165) is 4.47 Å². The Labute approximate surface area is 108 Å². The Morgan fingerprint density at radius 1 is 1.24 bits per heavy atom. The second-order valence-corrected chi connectivity index (χ2v) is 4.24. The van der Waals surface area contributed by atoms with Gasteiger partial charge in [0.15, 0.2) is 5.75 Å². The fourth-order valence-corrected chi connectivity index (χ4v) is 1.50. The van der Waals surface area contributed by atoms with Crippen molar-refractivity contribution < 1.29 is 9.47 Å². The third-order valence-corrected chi connectivity index (χ3v) is 2.60. The minimum atomic E-state index is 0.480. The number of anilines is 1. The van der Waals surface area contributed by atoms with Crippen molar-refractivity contribution in [3.05, 3.63) is 41.0 Å². The molecule has 0 radical (unpaired) electrons. The molecule has 4 nitrogen and oxygen atoms in total. The number of aromatic nitrogens is 1. The van der Waals surface area contributed by atoms with Crippen LogP contribution in [-0.2, 0) is 0 Å². The minimum absolute atomic E-state index is 0.480. The first-order valence-electron chi connectivity index (χ1n) is 4.92. The van der Waals surface area contributed by atoms with Gasteiger partial charge in [0.05, 0.1) is 12.8 Å².